The fraction of sp³-hybridized carbons (Fsp3) is 0. The van der Waals surface area contributed by atoms with E-state index in [0.29, 0.717) is 23.4 Å². The predicted octanol–water partition coefficient (Wildman–Crippen LogP) is 13.8. The lowest BCUT2D eigenvalue weighted by molar-refractivity contribution is 1.01. The quantitative estimate of drug-likeness (QED) is 0.167. The first-order valence-electron chi connectivity index (χ1n) is 21.4. The van der Waals surface area contributed by atoms with Gasteiger partial charge in [0.15, 0.2) is 17.5 Å². The Morgan fingerprint density at radius 2 is 0.781 bits per heavy atom. The molecule has 0 saturated carbocycles. The molecule has 0 radical (unpaired) electrons. The van der Waals surface area contributed by atoms with Crippen molar-refractivity contribution in [2.75, 3.05) is 0 Å². The van der Waals surface area contributed by atoms with Gasteiger partial charge in [0.2, 0.25) is 5.95 Å². The Kier molecular flexibility index (Phi) is 8.08. The molecule has 0 aliphatic rings. The summed E-state index contributed by atoms with van der Waals surface area (Å²) in [5.74, 6) is 2.53. The molecule has 0 atom stereocenters. The Hall–Kier alpha value is -8.81. The van der Waals surface area contributed by atoms with Gasteiger partial charge in [-0.05, 0) is 71.4 Å². The Morgan fingerprint density at radius 1 is 0.297 bits per heavy atom. The molecule has 0 saturated heterocycles. The minimum absolute atomic E-state index is 0.621. The summed E-state index contributed by atoms with van der Waals surface area (Å²) in [5, 5.41) is 8.05. The molecule has 13 aromatic rings. The summed E-state index contributed by atoms with van der Waals surface area (Å²) in [4.78, 5) is 25.6. The number of benzene rings is 9. The zero-order chi connectivity index (χ0) is 42.1. The van der Waals surface area contributed by atoms with E-state index in [-0.39, 0.29) is 0 Å². The highest BCUT2D eigenvalue weighted by molar-refractivity contribution is 6.28. The number of hydrogen-bond acceptors (Lipinski definition) is 5. The van der Waals surface area contributed by atoms with Crippen molar-refractivity contribution in [2.45, 2.75) is 0 Å². The maximum Gasteiger partial charge on any atom is 0.235 e. The molecule has 0 aliphatic heterocycles. The largest absolute Gasteiger partial charge is 0.309 e. The van der Waals surface area contributed by atoms with Crippen LogP contribution < -0.4 is 0 Å². The normalized spacial score (nSPS) is 11.8. The van der Waals surface area contributed by atoms with Crippen molar-refractivity contribution in [1.82, 2.24) is 34.1 Å². The van der Waals surface area contributed by atoms with Gasteiger partial charge in [-0.3, -0.25) is 4.57 Å². The summed E-state index contributed by atoms with van der Waals surface area (Å²) >= 11 is 0. The van der Waals surface area contributed by atoms with E-state index in [0.717, 1.165) is 77.4 Å². The molecule has 0 N–H and O–H groups in total. The lowest BCUT2D eigenvalue weighted by Crippen LogP contribution is -2.03. The molecule has 4 heterocycles. The topological polar surface area (TPSA) is 74.3 Å². The Morgan fingerprint density at radius 3 is 1.42 bits per heavy atom. The van der Waals surface area contributed by atoms with Gasteiger partial charge in [-0.15, -0.1) is 0 Å². The third-order valence-corrected chi connectivity index (χ3v) is 12.4. The lowest BCUT2D eigenvalue weighted by Gasteiger charge is -2.12. The minimum atomic E-state index is 0.621. The number of aromatic nitrogens is 7. The molecular weight excluding hydrogens is 783 g/mol. The smallest absolute Gasteiger partial charge is 0.235 e. The number of para-hydroxylation sites is 3. The van der Waals surface area contributed by atoms with Crippen LogP contribution in [0.15, 0.2) is 212 Å². The molecule has 7 heteroatoms. The monoisotopic (exact) mass is 817 g/mol. The van der Waals surface area contributed by atoms with Crippen LogP contribution in [0.25, 0.3) is 122 Å². The fourth-order valence-corrected chi connectivity index (χ4v) is 9.43. The molecule has 0 bridgehead atoms. The van der Waals surface area contributed by atoms with Crippen LogP contribution in [-0.4, -0.2) is 34.1 Å². The van der Waals surface area contributed by atoms with Crippen molar-refractivity contribution in [1.29, 1.82) is 0 Å². The van der Waals surface area contributed by atoms with Crippen molar-refractivity contribution in [3.05, 3.63) is 212 Å². The van der Waals surface area contributed by atoms with Crippen molar-refractivity contribution in [2.24, 2.45) is 0 Å². The Bertz CT molecular complexity index is 3890. The molecule has 0 aliphatic carbocycles. The molecule has 0 fully saturated rings. The minimum Gasteiger partial charge on any atom is -0.309 e. The SMILES string of the molecule is c1ccc(-c2nc(-c3ccccc3)nc(-c3ccc(-n4c5ccccc5c5c6c7ccccc7n(-c7nc(-c8ccc9ccccc9c8)c8ccccc8n7)c6ccc54)cc3)n2)cc1. The molecule has 4 aromatic heterocycles. The second-order valence-corrected chi connectivity index (χ2v) is 16.1. The molecule has 0 spiro atoms. The van der Waals surface area contributed by atoms with Crippen molar-refractivity contribution in [3.8, 4) is 57.1 Å². The zero-order valence-electron chi connectivity index (χ0n) is 34.3. The van der Waals surface area contributed by atoms with Gasteiger partial charge in [0.05, 0.1) is 33.3 Å². The molecule has 7 nitrogen and oxygen atoms in total. The summed E-state index contributed by atoms with van der Waals surface area (Å²) in [7, 11) is 0. The van der Waals surface area contributed by atoms with E-state index >= 15 is 0 Å². The first kappa shape index (κ1) is 35.9. The van der Waals surface area contributed by atoms with Gasteiger partial charge in [0.25, 0.3) is 0 Å². The van der Waals surface area contributed by atoms with Crippen molar-refractivity contribution < 1.29 is 0 Å². The molecule has 0 unspecified atom stereocenters. The number of hydrogen-bond donors (Lipinski definition) is 0. The average molecular weight is 818 g/mol. The van der Waals surface area contributed by atoms with Crippen LogP contribution in [0.1, 0.15) is 0 Å². The maximum atomic E-state index is 5.43. The average Bonchev–Trinajstić information content (AvgIpc) is 3.89. The van der Waals surface area contributed by atoms with Crippen LogP contribution in [0.2, 0.25) is 0 Å². The van der Waals surface area contributed by atoms with Crippen LogP contribution >= 0.6 is 0 Å². The van der Waals surface area contributed by atoms with E-state index in [1.165, 1.54) is 21.5 Å². The second kappa shape index (κ2) is 14.4. The summed E-state index contributed by atoms with van der Waals surface area (Å²) in [6.45, 7) is 0. The van der Waals surface area contributed by atoms with Crippen LogP contribution in [0, 0.1) is 0 Å². The summed E-state index contributed by atoms with van der Waals surface area (Å²) in [5.41, 5.74) is 11.0. The number of nitrogens with zero attached hydrogens (tertiary/aromatic N) is 7. The standard InChI is InChI=1S/C57H35N7/c1-3-16-37(17-4-1)54-60-55(38-18-5-2-6-19-38)62-56(61-54)39-29-31-42(32-30-39)63-47-25-13-10-22-44(47)51-49(63)33-34-50-52(51)45-23-11-14-26-48(45)64(50)57-58-46-24-12-9-21-43(46)53(59-57)41-28-27-36-15-7-8-20-40(36)35-41/h1-35H. The van der Waals surface area contributed by atoms with Gasteiger partial charge >= 0.3 is 0 Å². The van der Waals surface area contributed by atoms with Gasteiger partial charge in [0.1, 0.15) is 0 Å². The van der Waals surface area contributed by atoms with Gasteiger partial charge in [-0.2, -0.15) is 0 Å². The fourth-order valence-electron chi connectivity index (χ4n) is 9.43. The van der Waals surface area contributed by atoms with Crippen LogP contribution in [0.4, 0.5) is 0 Å². The highest BCUT2D eigenvalue weighted by Crippen LogP contribution is 2.43. The van der Waals surface area contributed by atoms with Crippen molar-refractivity contribution >= 4 is 65.3 Å². The lowest BCUT2D eigenvalue weighted by atomic mass is 10.0. The highest BCUT2D eigenvalue weighted by atomic mass is 15.2. The summed E-state index contributed by atoms with van der Waals surface area (Å²) in [6.07, 6.45) is 0. The van der Waals surface area contributed by atoms with Crippen LogP contribution in [0.5, 0.6) is 0 Å². The van der Waals surface area contributed by atoms with Gasteiger partial charge in [-0.1, -0.05) is 152 Å². The third-order valence-electron chi connectivity index (χ3n) is 12.4. The zero-order valence-corrected chi connectivity index (χ0v) is 34.3. The van der Waals surface area contributed by atoms with E-state index in [2.05, 4.69) is 155 Å². The predicted molar refractivity (Wildman–Crippen MR) is 261 cm³/mol. The first-order valence-corrected chi connectivity index (χ1v) is 21.4. The maximum absolute atomic E-state index is 5.43. The molecule has 13 rings (SSSR count). The highest BCUT2D eigenvalue weighted by Gasteiger charge is 2.23. The van der Waals surface area contributed by atoms with Gasteiger partial charge in [0, 0.05) is 54.9 Å². The van der Waals surface area contributed by atoms with Crippen LogP contribution in [-0.2, 0) is 0 Å². The van der Waals surface area contributed by atoms with Crippen LogP contribution in [0.3, 0.4) is 0 Å². The molecule has 64 heavy (non-hydrogen) atoms. The van der Waals surface area contributed by atoms with E-state index < -0.39 is 0 Å². The second-order valence-electron chi connectivity index (χ2n) is 16.1. The molecule has 0 amide bonds. The molecular formula is C57H35N7. The molecule has 9 aromatic carbocycles. The van der Waals surface area contributed by atoms with Gasteiger partial charge in [-0.25, -0.2) is 24.9 Å². The molecule has 298 valence electrons. The van der Waals surface area contributed by atoms with E-state index in [1.807, 2.05) is 66.7 Å². The third kappa shape index (κ3) is 5.72. The Labute approximate surface area is 367 Å². The number of fused-ring (bicyclic) bond motifs is 9. The van der Waals surface area contributed by atoms with Crippen molar-refractivity contribution in [3.63, 3.8) is 0 Å². The Balaban J connectivity index is 0.993. The number of rotatable bonds is 6. The first-order chi connectivity index (χ1) is 31.7. The van der Waals surface area contributed by atoms with E-state index in [4.69, 9.17) is 24.9 Å². The van der Waals surface area contributed by atoms with E-state index in [1.54, 1.807) is 0 Å². The summed E-state index contributed by atoms with van der Waals surface area (Å²) in [6, 6.07) is 73.9. The van der Waals surface area contributed by atoms with Gasteiger partial charge < -0.3 is 4.57 Å². The van der Waals surface area contributed by atoms with E-state index in [9.17, 15) is 0 Å². The summed E-state index contributed by atoms with van der Waals surface area (Å²) < 4.78 is 4.60.